The molecule has 7 N–H and O–H groups in total. The minimum atomic E-state index is -5.07. The molecule has 0 aromatic heterocycles. The van der Waals surface area contributed by atoms with Crippen molar-refractivity contribution in [1.82, 2.24) is 0 Å². The van der Waals surface area contributed by atoms with Crippen molar-refractivity contribution in [1.29, 1.82) is 0 Å². The molecule has 0 saturated heterocycles. The maximum Gasteiger partial charge on any atom is 0.478 e. The molecule has 1 atom stereocenters. The summed E-state index contributed by atoms with van der Waals surface area (Å²) in [6, 6.07) is 0. The molecule has 1 unspecified atom stereocenters. The second-order valence-electron chi connectivity index (χ2n) is 1.59. The summed E-state index contributed by atoms with van der Waals surface area (Å²) >= 11 is 0. The Kier molecular flexibility index (Phi) is 3.40. The van der Waals surface area contributed by atoms with Crippen molar-refractivity contribution in [2.75, 3.05) is 0 Å². The van der Waals surface area contributed by atoms with Gasteiger partial charge in [0.1, 0.15) is 0 Å². The lowest BCUT2D eigenvalue weighted by molar-refractivity contribution is 0.264. The van der Waals surface area contributed by atoms with Crippen LogP contribution in [0.15, 0.2) is 4.76 Å². The van der Waals surface area contributed by atoms with Gasteiger partial charge in [-0.15, -0.1) is 4.76 Å². The van der Waals surface area contributed by atoms with E-state index in [1.54, 1.807) is 0 Å². The fourth-order valence-corrected chi connectivity index (χ4v) is 1.85. The van der Waals surface area contributed by atoms with E-state index in [1.165, 1.54) is 0 Å². The minimum Gasteiger partial charge on any atom is -0.370 e. The number of hydrogen-bond donors (Lipinski definition) is 5. The summed E-state index contributed by atoms with van der Waals surface area (Å²) in [5.74, 6) is -0.811. The number of rotatable bonds is 3. The number of phosphoric acid groups is 1. The molecule has 9 nitrogen and oxygen atoms in total. The number of guanidine groups is 1. The van der Waals surface area contributed by atoms with Gasteiger partial charge in [-0.25, -0.2) is 9.13 Å². The molecule has 11 heteroatoms. The van der Waals surface area contributed by atoms with Crippen LogP contribution in [0.3, 0.4) is 0 Å². The summed E-state index contributed by atoms with van der Waals surface area (Å²) in [4.78, 5) is 24.7. The minimum absolute atomic E-state index is 0.811. The molecule has 0 rings (SSSR count). The Morgan fingerprint density at radius 1 is 1.25 bits per heavy atom. The molecule has 72 valence electrons. The molecule has 0 aliphatic rings. The van der Waals surface area contributed by atoms with E-state index in [0.29, 0.717) is 0 Å². The third-order valence-electron chi connectivity index (χ3n) is 0.455. The van der Waals surface area contributed by atoms with Gasteiger partial charge in [-0.1, -0.05) is 0 Å². The van der Waals surface area contributed by atoms with Gasteiger partial charge in [0, 0.05) is 0 Å². The molecule has 0 aromatic rings. The first-order valence-corrected chi connectivity index (χ1v) is 5.39. The lowest BCUT2D eigenvalue weighted by Gasteiger charge is -2.06. The van der Waals surface area contributed by atoms with Gasteiger partial charge in [0.05, 0.1) is 0 Å². The monoisotopic (exact) mass is 219 g/mol. The summed E-state index contributed by atoms with van der Waals surface area (Å²) in [6.07, 6.45) is 0. The van der Waals surface area contributed by atoms with Crippen LogP contribution < -0.4 is 11.5 Å². The van der Waals surface area contributed by atoms with Crippen molar-refractivity contribution in [2.24, 2.45) is 16.2 Å². The van der Waals surface area contributed by atoms with Crippen LogP contribution in [0.4, 0.5) is 0 Å². The van der Waals surface area contributed by atoms with Gasteiger partial charge in [0.25, 0.3) is 0 Å². The standard InChI is InChI=1S/CH7N3O6P2/c2-1(3)4-11(5,6)10-12(7,8)9/h(H2,7,8,9)(H5,2,3,4,5,6). The van der Waals surface area contributed by atoms with Crippen molar-refractivity contribution >= 4 is 21.5 Å². The van der Waals surface area contributed by atoms with Crippen LogP contribution in [-0.4, -0.2) is 20.6 Å². The highest BCUT2D eigenvalue weighted by molar-refractivity contribution is 7.62. The molecule has 0 heterocycles. The van der Waals surface area contributed by atoms with Gasteiger partial charge in [0.2, 0.25) is 0 Å². The van der Waals surface area contributed by atoms with Crippen molar-refractivity contribution in [3.05, 3.63) is 0 Å². The van der Waals surface area contributed by atoms with E-state index in [1.807, 2.05) is 0 Å². The van der Waals surface area contributed by atoms with E-state index in [-0.39, 0.29) is 0 Å². The fraction of sp³-hybridized carbons (Fsp3) is 0. The van der Waals surface area contributed by atoms with Crippen LogP contribution in [0.1, 0.15) is 0 Å². The lowest BCUT2D eigenvalue weighted by atomic mass is 11.1. The molecule has 12 heavy (non-hydrogen) atoms. The summed E-state index contributed by atoms with van der Waals surface area (Å²) in [7, 11) is -9.87. The number of nitrogens with two attached hydrogens (primary N) is 2. The van der Waals surface area contributed by atoms with Gasteiger partial charge in [0.15, 0.2) is 5.96 Å². The third-order valence-corrected chi connectivity index (χ3v) is 2.64. The average Bonchev–Trinajstić information content (AvgIpc) is 1.48. The van der Waals surface area contributed by atoms with Gasteiger partial charge in [-0.3, -0.25) is 0 Å². The zero-order valence-corrected chi connectivity index (χ0v) is 7.35. The fourth-order valence-electron chi connectivity index (χ4n) is 0.303. The molecule has 0 bridgehead atoms. The smallest absolute Gasteiger partial charge is 0.370 e. The summed E-state index contributed by atoms with van der Waals surface area (Å²) in [5, 5.41) is 0. The topological polar surface area (TPSA) is 168 Å². The molecule has 0 saturated carbocycles. The highest BCUT2D eigenvalue weighted by atomic mass is 31.3. The normalized spacial score (nSPS) is 16.6. The Morgan fingerprint density at radius 2 is 1.67 bits per heavy atom. The Labute approximate surface area is 66.9 Å². The predicted octanol–water partition coefficient (Wildman–Crippen LogP) is -1.53. The van der Waals surface area contributed by atoms with Crippen LogP contribution in [0.5, 0.6) is 0 Å². The average molecular weight is 219 g/mol. The Bertz CT molecular complexity index is 275. The van der Waals surface area contributed by atoms with Gasteiger partial charge in [-0.2, -0.15) is 4.31 Å². The van der Waals surface area contributed by atoms with E-state index in [2.05, 4.69) is 20.5 Å². The Hall–Kier alpha value is -0.430. The second-order valence-corrected chi connectivity index (χ2v) is 4.40. The van der Waals surface area contributed by atoms with Gasteiger partial charge in [-0.05, 0) is 0 Å². The van der Waals surface area contributed by atoms with Crippen LogP contribution >= 0.6 is 15.6 Å². The van der Waals surface area contributed by atoms with Crippen LogP contribution in [0.2, 0.25) is 0 Å². The van der Waals surface area contributed by atoms with E-state index in [9.17, 15) is 9.13 Å². The summed E-state index contributed by atoms with van der Waals surface area (Å²) in [5.41, 5.74) is 9.32. The van der Waals surface area contributed by atoms with E-state index in [4.69, 9.17) is 14.7 Å². The van der Waals surface area contributed by atoms with Gasteiger partial charge >= 0.3 is 15.6 Å². The third kappa shape index (κ3) is 6.29. The highest BCUT2D eigenvalue weighted by Crippen LogP contribution is 2.57. The molecule has 0 aliphatic carbocycles. The number of hydrogen-bond acceptors (Lipinski definition) is 3. The zero-order chi connectivity index (χ0) is 9.99. The SMILES string of the molecule is NC(N)=NP(=O)(O)OP(=O)(O)O. The van der Waals surface area contributed by atoms with Crippen LogP contribution in [0, 0.1) is 0 Å². The second kappa shape index (κ2) is 3.53. The summed E-state index contributed by atoms with van der Waals surface area (Å²) in [6.45, 7) is 0. The van der Waals surface area contributed by atoms with Crippen molar-refractivity contribution in [3.63, 3.8) is 0 Å². The molecular weight excluding hydrogens is 212 g/mol. The van der Waals surface area contributed by atoms with Crippen LogP contribution in [-0.2, 0) is 13.4 Å². The molecule has 0 radical (unpaired) electrons. The first kappa shape index (κ1) is 11.6. The van der Waals surface area contributed by atoms with Crippen LogP contribution in [0.25, 0.3) is 0 Å². The first-order chi connectivity index (χ1) is 5.12. The quantitative estimate of drug-likeness (QED) is 0.216. The van der Waals surface area contributed by atoms with E-state index in [0.717, 1.165) is 0 Å². The molecular formula is CH7N3O6P2. The van der Waals surface area contributed by atoms with Gasteiger partial charge < -0.3 is 26.1 Å². The number of nitrogens with zero attached hydrogens (tertiary/aromatic N) is 1. The van der Waals surface area contributed by atoms with Crippen molar-refractivity contribution in [3.8, 4) is 0 Å². The largest absolute Gasteiger partial charge is 0.478 e. The summed E-state index contributed by atoms with van der Waals surface area (Å²) < 4.78 is 26.5. The molecule has 0 amide bonds. The predicted molar refractivity (Wildman–Crippen MR) is 38.8 cm³/mol. The molecule has 0 spiro atoms. The maximum absolute atomic E-state index is 10.5. The zero-order valence-electron chi connectivity index (χ0n) is 5.56. The highest BCUT2D eigenvalue weighted by Gasteiger charge is 2.30. The lowest BCUT2D eigenvalue weighted by Crippen LogP contribution is -2.22. The first-order valence-electron chi connectivity index (χ1n) is 2.33. The molecule has 0 fully saturated rings. The van der Waals surface area contributed by atoms with Crippen molar-refractivity contribution < 1.29 is 28.1 Å². The van der Waals surface area contributed by atoms with E-state index >= 15 is 0 Å². The Morgan fingerprint density at radius 3 is 1.92 bits per heavy atom. The maximum atomic E-state index is 10.5. The molecule has 0 aromatic carbocycles. The van der Waals surface area contributed by atoms with E-state index < -0.39 is 21.5 Å². The van der Waals surface area contributed by atoms with Crippen molar-refractivity contribution in [2.45, 2.75) is 0 Å². The molecule has 0 aliphatic heterocycles. The Balaban J connectivity index is 4.57.